The van der Waals surface area contributed by atoms with E-state index in [-0.39, 0.29) is 12.1 Å². The number of nitrogens with zero attached hydrogens (tertiary/aromatic N) is 3. The van der Waals surface area contributed by atoms with E-state index in [0.29, 0.717) is 0 Å². The third-order valence-electron chi connectivity index (χ3n) is 1.86. The van der Waals surface area contributed by atoms with Crippen LogP contribution in [0.2, 0.25) is 0 Å². The highest BCUT2D eigenvalue weighted by Crippen LogP contribution is 2.18. The number of benzene rings is 1. The lowest BCUT2D eigenvalue weighted by atomic mass is 10.1. The van der Waals surface area contributed by atoms with Crippen molar-refractivity contribution >= 4 is 5.97 Å². The minimum absolute atomic E-state index is 0.0698. The van der Waals surface area contributed by atoms with Gasteiger partial charge in [-0.25, -0.2) is 13.6 Å². The van der Waals surface area contributed by atoms with Gasteiger partial charge in [0, 0.05) is 4.91 Å². The number of azide groups is 1. The number of carbonyl (C=O) groups is 1. The van der Waals surface area contributed by atoms with Crippen LogP contribution in [-0.4, -0.2) is 13.1 Å². The SMILES string of the molecule is COC(=O)c1c(F)ccc(CN=[N+]=[N-])c1F. The molecule has 1 aromatic carbocycles. The smallest absolute Gasteiger partial charge is 0.343 e. The molecule has 0 unspecified atom stereocenters. The van der Waals surface area contributed by atoms with E-state index in [9.17, 15) is 13.6 Å². The Labute approximate surface area is 89.3 Å². The number of methoxy groups -OCH3 is 1. The summed E-state index contributed by atoms with van der Waals surface area (Å²) in [6.45, 7) is -0.299. The number of rotatable bonds is 3. The average molecular weight is 227 g/mol. The second-order valence-corrected chi connectivity index (χ2v) is 2.78. The van der Waals surface area contributed by atoms with Crippen LogP contribution in [0.4, 0.5) is 8.78 Å². The number of halogens is 2. The summed E-state index contributed by atoms with van der Waals surface area (Å²) >= 11 is 0. The average Bonchev–Trinajstić information content (AvgIpc) is 2.28. The minimum Gasteiger partial charge on any atom is -0.465 e. The molecule has 0 bridgehead atoms. The Morgan fingerprint density at radius 1 is 1.56 bits per heavy atom. The Morgan fingerprint density at radius 3 is 2.81 bits per heavy atom. The van der Waals surface area contributed by atoms with Crippen LogP contribution in [0.3, 0.4) is 0 Å². The zero-order chi connectivity index (χ0) is 12.1. The monoisotopic (exact) mass is 227 g/mol. The van der Waals surface area contributed by atoms with Gasteiger partial charge in [0.15, 0.2) is 0 Å². The molecule has 84 valence electrons. The summed E-state index contributed by atoms with van der Waals surface area (Å²) in [6, 6.07) is 2.02. The van der Waals surface area contributed by atoms with Crippen molar-refractivity contribution in [3.63, 3.8) is 0 Å². The van der Waals surface area contributed by atoms with E-state index in [2.05, 4.69) is 14.8 Å². The quantitative estimate of drug-likeness (QED) is 0.344. The van der Waals surface area contributed by atoms with E-state index in [4.69, 9.17) is 5.53 Å². The molecular formula is C9H7F2N3O2. The molecule has 0 heterocycles. The summed E-state index contributed by atoms with van der Waals surface area (Å²) in [5, 5.41) is 3.12. The third kappa shape index (κ3) is 2.26. The van der Waals surface area contributed by atoms with Gasteiger partial charge in [-0.05, 0) is 17.2 Å². The molecule has 0 aliphatic heterocycles. The van der Waals surface area contributed by atoms with Gasteiger partial charge in [0.25, 0.3) is 0 Å². The second-order valence-electron chi connectivity index (χ2n) is 2.78. The van der Waals surface area contributed by atoms with Gasteiger partial charge in [-0.3, -0.25) is 0 Å². The second kappa shape index (κ2) is 5.09. The largest absolute Gasteiger partial charge is 0.465 e. The topological polar surface area (TPSA) is 75.1 Å². The molecule has 16 heavy (non-hydrogen) atoms. The van der Waals surface area contributed by atoms with Crippen molar-refractivity contribution in [1.29, 1.82) is 0 Å². The number of carbonyl (C=O) groups excluding carboxylic acids is 1. The number of esters is 1. The summed E-state index contributed by atoms with van der Waals surface area (Å²) in [4.78, 5) is 13.5. The first-order valence-corrected chi connectivity index (χ1v) is 4.17. The first kappa shape index (κ1) is 11.9. The van der Waals surface area contributed by atoms with Crippen molar-refractivity contribution < 1.29 is 18.3 Å². The van der Waals surface area contributed by atoms with E-state index in [1.807, 2.05) is 0 Å². The molecule has 0 aromatic heterocycles. The highest BCUT2D eigenvalue weighted by Gasteiger charge is 2.20. The summed E-state index contributed by atoms with van der Waals surface area (Å²) in [5.41, 5.74) is 7.21. The van der Waals surface area contributed by atoms with E-state index in [1.165, 1.54) is 0 Å². The lowest BCUT2D eigenvalue weighted by Crippen LogP contribution is -2.09. The molecule has 0 aliphatic carbocycles. The van der Waals surface area contributed by atoms with Crippen molar-refractivity contribution in [2.45, 2.75) is 6.54 Å². The molecule has 0 amide bonds. The van der Waals surface area contributed by atoms with Crippen LogP contribution in [0, 0.1) is 11.6 Å². The van der Waals surface area contributed by atoms with Crippen molar-refractivity contribution in [2.24, 2.45) is 5.11 Å². The van der Waals surface area contributed by atoms with E-state index in [0.717, 1.165) is 19.2 Å². The van der Waals surface area contributed by atoms with Gasteiger partial charge in [0.2, 0.25) is 0 Å². The molecule has 0 N–H and O–H groups in total. The molecule has 0 fully saturated rings. The first-order valence-electron chi connectivity index (χ1n) is 4.17. The fraction of sp³-hybridized carbons (Fsp3) is 0.222. The number of ether oxygens (including phenoxy) is 1. The standard InChI is InChI=1S/C9H7F2N3O2/c1-16-9(15)7-6(10)3-2-5(8(7)11)4-13-14-12/h2-3H,4H2,1H3. The maximum Gasteiger partial charge on any atom is 0.343 e. The van der Waals surface area contributed by atoms with Crippen LogP contribution in [0.1, 0.15) is 15.9 Å². The van der Waals surface area contributed by atoms with Gasteiger partial charge in [-0.2, -0.15) is 0 Å². The molecule has 0 aliphatic rings. The highest BCUT2D eigenvalue weighted by atomic mass is 19.1. The molecule has 1 rings (SSSR count). The van der Waals surface area contributed by atoms with Crippen LogP contribution >= 0.6 is 0 Å². The van der Waals surface area contributed by atoms with Gasteiger partial charge < -0.3 is 4.74 Å². The summed E-state index contributed by atoms with van der Waals surface area (Å²) < 4.78 is 31.0. The third-order valence-corrected chi connectivity index (χ3v) is 1.86. The number of hydrogen-bond donors (Lipinski definition) is 0. The van der Waals surface area contributed by atoms with Gasteiger partial charge in [0.1, 0.15) is 17.2 Å². The molecule has 0 atom stereocenters. The Kier molecular flexibility index (Phi) is 3.79. The van der Waals surface area contributed by atoms with Gasteiger partial charge >= 0.3 is 5.97 Å². The molecule has 0 radical (unpaired) electrons. The zero-order valence-electron chi connectivity index (χ0n) is 8.28. The highest BCUT2D eigenvalue weighted by molar-refractivity contribution is 5.90. The van der Waals surface area contributed by atoms with Crippen LogP contribution in [-0.2, 0) is 11.3 Å². The van der Waals surface area contributed by atoms with E-state index >= 15 is 0 Å². The van der Waals surface area contributed by atoms with Crippen molar-refractivity contribution in [3.8, 4) is 0 Å². The lowest BCUT2D eigenvalue weighted by molar-refractivity contribution is 0.0589. The zero-order valence-corrected chi connectivity index (χ0v) is 8.28. The van der Waals surface area contributed by atoms with Crippen LogP contribution < -0.4 is 0 Å². The van der Waals surface area contributed by atoms with Crippen LogP contribution in [0.25, 0.3) is 10.4 Å². The van der Waals surface area contributed by atoms with Crippen molar-refractivity contribution in [3.05, 3.63) is 45.3 Å². The van der Waals surface area contributed by atoms with Gasteiger partial charge in [-0.15, -0.1) is 0 Å². The Bertz CT molecular complexity index is 470. The maximum atomic E-state index is 13.6. The molecule has 0 saturated carbocycles. The molecule has 0 spiro atoms. The number of hydrogen-bond acceptors (Lipinski definition) is 3. The Hall–Kier alpha value is -2.14. The fourth-order valence-electron chi connectivity index (χ4n) is 1.11. The molecule has 7 heteroatoms. The minimum atomic E-state index is -1.11. The fourth-order valence-corrected chi connectivity index (χ4v) is 1.11. The Morgan fingerprint density at radius 2 is 2.25 bits per heavy atom. The molecule has 5 nitrogen and oxygen atoms in total. The van der Waals surface area contributed by atoms with Gasteiger partial charge in [0.05, 0.1) is 13.7 Å². The molecular weight excluding hydrogens is 220 g/mol. The predicted molar refractivity (Wildman–Crippen MR) is 50.5 cm³/mol. The normalized spacial score (nSPS) is 9.44. The first-order chi connectivity index (χ1) is 7.61. The van der Waals surface area contributed by atoms with Gasteiger partial charge in [-0.1, -0.05) is 11.2 Å². The van der Waals surface area contributed by atoms with Crippen LogP contribution in [0.5, 0.6) is 0 Å². The maximum absolute atomic E-state index is 13.6. The molecule has 0 saturated heterocycles. The van der Waals surface area contributed by atoms with Crippen molar-refractivity contribution in [1.82, 2.24) is 0 Å². The van der Waals surface area contributed by atoms with E-state index < -0.39 is 23.2 Å². The Balaban J connectivity index is 3.26. The lowest BCUT2D eigenvalue weighted by Gasteiger charge is -2.05. The summed E-state index contributed by atoms with van der Waals surface area (Å²) in [6.07, 6.45) is 0. The summed E-state index contributed by atoms with van der Waals surface area (Å²) in [7, 11) is 1.02. The molecule has 1 aromatic rings. The van der Waals surface area contributed by atoms with Crippen molar-refractivity contribution in [2.75, 3.05) is 7.11 Å². The van der Waals surface area contributed by atoms with Crippen LogP contribution in [0.15, 0.2) is 17.2 Å². The summed E-state index contributed by atoms with van der Waals surface area (Å²) in [5.74, 6) is -3.20. The van der Waals surface area contributed by atoms with E-state index in [1.54, 1.807) is 0 Å². The predicted octanol–water partition coefficient (Wildman–Crippen LogP) is 2.56.